The molecule has 0 aromatic rings. The zero-order chi connectivity index (χ0) is 16.9. The van der Waals surface area contributed by atoms with Gasteiger partial charge in [-0.25, -0.2) is 13.1 Å². The van der Waals surface area contributed by atoms with Crippen LogP contribution in [0.5, 0.6) is 0 Å². The van der Waals surface area contributed by atoms with Crippen molar-refractivity contribution in [2.75, 3.05) is 45.1 Å². The highest BCUT2D eigenvalue weighted by molar-refractivity contribution is 7.89. The fraction of sp³-hybridized carbons (Fsp3) is 0.933. The third-order valence-corrected chi connectivity index (χ3v) is 5.91. The summed E-state index contributed by atoms with van der Waals surface area (Å²) in [6.07, 6.45) is 1.99. The summed E-state index contributed by atoms with van der Waals surface area (Å²) in [6.45, 7) is 7.21. The smallest absolute Gasteiger partial charge is 0.237 e. The summed E-state index contributed by atoms with van der Waals surface area (Å²) in [6, 6.07) is 0. The van der Waals surface area contributed by atoms with Crippen molar-refractivity contribution in [3.63, 3.8) is 0 Å². The predicted octanol–water partition coefficient (Wildman–Crippen LogP) is -0.211. The lowest BCUT2D eigenvalue weighted by atomic mass is 9.92. The fourth-order valence-electron chi connectivity index (χ4n) is 3.22. The summed E-state index contributed by atoms with van der Waals surface area (Å²) in [5.74, 6) is 1.05. The fourth-order valence-corrected chi connectivity index (χ4v) is 4.02. The van der Waals surface area contributed by atoms with Crippen molar-refractivity contribution in [3.8, 4) is 0 Å². The molecule has 1 amide bonds. The number of hydrogen-bond acceptors (Lipinski definition) is 5. The first-order valence-electron chi connectivity index (χ1n) is 8.45. The molecule has 0 spiro atoms. The molecular weight excluding hydrogens is 318 g/mol. The predicted molar refractivity (Wildman–Crippen MR) is 88.5 cm³/mol. The van der Waals surface area contributed by atoms with Gasteiger partial charge in [-0.3, -0.25) is 4.79 Å². The minimum atomic E-state index is -3.47. The Morgan fingerprint density at radius 1 is 1.26 bits per heavy atom. The topological polar surface area (TPSA) is 87.7 Å². The molecule has 2 heterocycles. The Bertz CT molecular complexity index is 481. The first kappa shape index (κ1) is 18.6. The molecule has 2 aliphatic heterocycles. The van der Waals surface area contributed by atoms with Crippen LogP contribution in [0.3, 0.4) is 0 Å². The summed E-state index contributed by atoms with van der Waals surface area (Å²) in [7, 11) is -3.47. The highest BCUT2D eigenvalue weighted by Gasteiger charge is 2.31. The van der Waals surface area contributed by atoms with Crippen molar-refractivity contribution >= 4 is 15.9 Å². The number of sulfonamides is 1. The number of fused-ring (bicyclic) bond motifs is 1. The first-order chi connectivity index (χ1) is 10.9. The molecule has 0 aromatic heterocycles. The Morgan fingerprint density at radius 3 is 2.43 bits per heavy atom. The summed E-state index contributed by atoms with van der Waals surface area (Å²) in [4.78, 5) is 14.0. The van der Waals surface area contributed by atoms with Gasteiger partial charge in [-0.05, 0) is 51.6 Å². The van der Waals surface area contributed by atoms with Crippen LogP contribution in [0.1, 0.15) is 26.7 Å². The Hall–Kier alpha value is -0.700. The number of carbonyl (C=O) groups is 1. The normalized spacial score (nSPS) is 25.4. The van der Waals surface area contributed by atoms with Crippen molar-refractivity contribution in [1.82, 2.24) is 14.9 Å². The van der Waals surface area contributed by atoms with E-state index in [1.165, 1.54) is 0 Å². The summed E-state index contributed by atoms with van der Waals surface area (Å²) < 4.78 is 31.3. The van der Waals surface area contributed by atoms with Gasteiger partial charge >= 0.3 is 0 Å². The Kier molecular flexibility index (Phi) is 6.82. The average Bonchev–Trinajstić information content (AvgIpc) is 2.83. The second-order valence-electron chi connectivity index (χ2n) is 6.70. The molecular formula is C15H29N3O4S. The lowest BCUT2D eigenvalue weighted by Gasteiger charge is -2.21. The van der Waals surface area contributed by atoms with Crippen molar-refractivity contribution in [2.45, 2.75) is 32.8 Å². The van der Waals surface area contributed by atoms with E-state index in [0.717, 1.165) is 39.0 Å². The molecule has 2 atom stereocenters. The van der Waals surface area contributed by atoms with Gasteiger partial charge in [-0.2, -0.15) is 0 Å². The first-order valence-corrected chi connectivity index (χ1v) is 10.1. The molecule has 23 heavy (non-hydrogen) atoms. The monoisotopic (exact) mass is 347 g/mol. The van der Waals surface area contributed by atoms with E-state index < -0.39 is 10.0 Å². The largest absolute Gasteiger partial charge is 0.378 e. The van der Waals surface area contributed by atoms with Gasteiger partial charge in [-0.1, -0.05) is 0 Å². The van der Waals surface area contributed by atoms with Gasteiger partial charge in [0, 0.05) is 13.1 Å². The number of carbonyl (C=O) groups excluding carboxylic acids is 1. The van der Waals surface area contributed by atoms with E-state index >= 15 is 0 Å². The molecule has 2 fully saturated rings. The standard InChI is InChI=1S/C15H29N3O4S/c1-12(2)22-7-8-23(20,21)17-11-15(19)18-5-3-13-9-16-10-14(13)4-6-18/h12-14,16-17H,3-11H2,1-2H3/t13-,14+. The Morgan fingerprint density at radius 2 is 1.87 bits per heavy atom. The van der Waals surface area contributed by atoms with E-state index in [1.54, 1.807) is 4.90 Å². The molecule has 2 rings (SSSR count). The van der Waals surface area contributed by atoms with Crippen molar-refractivity contribution < 1.29 is 17.9 Å². The van der Waals surface area contributed by atoms with Crippen LogP contribution in [0.15, 0.2) is 0 Å². The van der Waals surface area contributed by atoms with Gasteiger partial charge in [0.25, 0.3) is 0 Å². The van der Waals surface area contributed by atoms with Gasteiger partial charge in [0.05, 0.1) is 25.0 Å². The average molecular weight is 347 g/mol. The number of likely N-dealkylation sites (tertiary alicyclic amines) is 1. The van der Waals surface area contributed by atoms with Gasteiger partial charge in [0.2, 0.25) is 15.9 Å². The van der Waals surface area contributed by atoms with E-state index in [0.29, 0.717) is 11.8 Å². The van der Waals surface area contributed by atoms with E-state index in [4.69, 9.17) is 4.74 Å². The SMILES string of the molecule is CC(C)OCCS(=O)(=O)NCC(=O)N1CC[C@@H]2CNC[C@@H]2CC1. The minimum Gasteiger partial charge on any atom is -0.378 e. The van der Waals surface area contributed by atoms with Crippen LogP contribution in [-0.2, 0) is 19.6 Å². The van der Waals surface area contributed by atoms with E-state index in [9.17, 15) is 13.2 Å². The molecule has 0 unspecified atom stereocenters. The van der Waals surface area contributed by atoms with Crippen LogP contribution in [0.25, 0.3) is 0 Å². The lowest BCUT2D eigenvalue weighted by Crippen LogP contribution is -2.42. The molecule has 7 nitrogen and oxygen atoms in total. The van der Waals surface area contributed by atoms with E-state index in [-0.39, 0.29) is 30.9 Å². The zero-order valence-corrected chi connectivity index (χ0v) is 14.9. The third-order valence-electron chi connectivity index (χ3n) is 4.62. The number of nitrogens with zero attached hydrogens (tertiary/aromatic N) is 1. The molecule has 2 N–H and O–H groups in total. The van der Waals surface area contributed by atoms with Crippen molar-refractivity contribution in [3.05, 3.63) is 0 Å². The molecule has 2 aliphatic rings. The van der Waals surface area contributed by atoms with Crippen LogP contribution in [-0.4, -0.2) is 70.4 Å². The van der Waals surface area contributed by atoms with Gasteiger partial charge in [-0.15, -0.1) is 0 Å². The molecule has 0 aliphatic carbocycles. The maximum atomic E-state index is 12.3. The van der Waals surface area contributed by atoms with Crippen LogP contribution >= 0.6 is 0 Å². The van der Waals surface area contributed by atoms with Crippen molar-refractivity contribution in [2.24, 2.45) is 11.8 Å². The summed E-state index contributed by atoms with van der Waals surface area (Å²) in [5.41, 5.74) is 0. The number of hydrogen-bond donors (Lipinski definition) is 2. The second kappa shape index (κ2) is 8.41. The van der Waals surface area contributed by atoms with Crippen LogP contribution in [0.2, 0.25) is 0 Å². The second-order valence-corrected chi connectivity index (χ2v) is 8.62. The molecule has 8 heteroatoms. The maximum Gasteiger partial charge on any atom is 0.237 e. The summed E-state index contributed by atoms with van der Waals surface area (Å²) in [5, 5.41) is 3.40. The zero-order valence-electron chi connectivity index (χ0n) is 14.1. The molecule has 2 saturated heterocycles. The molecule has 134 valence electrons. The number of ether oxygens (including phenoxy) is 1. The van der Waals surface area contributed by atoms with Gasteiger partial charge < -0.3 is 15.0 Å². The molecule has 0 saturated carbocycles. The molecule has 0 radical (unpaired) electrons. The Balaban J connectivity index is 1.73. The molecule has 0 bridgehead atoms. The summed E-state index contributed by atoms with van der Waals surface area (Å²) >= 11 is 0. The van der Waals surface area contributed by atoms with E-state index in [1.807, 2.05) is 13.8 Å². The number of amides is 1. The number of nitrogens with one attached hydrogen (secondary N) is 2. The van der Waals surface area contributed by atoms with Crippen LogP contribution in [0, 0.1) is 11.8 Å². The van der Waals surface area contributed by atoms with Gasteiger partial charge in [0.1, 0.15) is 0 Å². The number of rotatable bonds is 7. The van der Waals surface area contributed by atoms with Crippen molar-refractivity contribution in [1.29, 1.82) is 0 Å². The quantitative estimate of drug-likeness (QED) is 0.665. The lowest BCUT2D eigenvalue weighted by molar-refractivity contribution is -0.129. The Labute approximate surface area is 139 Å². The van der Waals surface area contributed by atoms with Crippen LogP contribution < -0.4 is 10.0 Å². The van der Waals surface area contributed by atoms with Gasteiger partial charge in [0.15, 0.2) is 0 Å². The maximum absolute atomic E-state index is 12.3. The highest BCUT2D eigenvalue weighted by Crippen LogP contribution is 2.26. The molecule has 0 aromatic carbocycles. The van der Waals surface area contributed by atoms with Crippen LogP contribution in [0.4, 0.5) is 0 Å². The van der Waals surface area contributed by atoms with E-state index in [2.05, 4.69) is 10.0 Å². The highest BCUT2D eigenvalue weighted by atomic mass is 32.2. The minimum absolute atomic E-state index is 0.00197. The third kappa shape index (κ3) is 6.02.